The van der Waals surface area contributed by atoms with Gasteiger partial charge in [-0.3, -0.25) is 14.9 Å². The smallest absolute Gasteiger partial charge is 0.274 e. The Morgan fingerprint density at radius 2 is 2.10 bits per heavy atom. The lowest BCUT2D eigenvalue weighted by molar-refractivity contribution is -0.385. The van der Waals surface area contributed by atoms with E-state index in [1.54, 1.807) is 0 Å². The minimum absolute atomic E-state index is 0.261. The maximum atomic E-state index is 13.9. The number of benzene rings is 1. The lowest BCUT2D eigenvalue weighted by Crippen LogP contribution is -2.29. The van der Waals surface area contributed by atoms with Gasteiger partial charge in [-0.2, -0.15) is 0 Å². The van der Waals surface area contributed by atoms with Crippen molar-refractivity contribution < 1.29 is 22.5 Å². The van der Waals surface area contributed by atoms with Crippen molar-refractivity contribution in [3.05, 3.63) is 28.1 Å². The maximum Gasteiger partial charge on any atom is 0.274 e. The van der Waals surface area contributed by atoms with Crippen molar-refractivity contribution in [3.8, 4) is 0 Å². The Morgan fingerprint density at radius 3 is 2.57 bits per heavy atom. The van der Waals surface area contributed by atoms with E-state index in [0.29, 0.717) is 6.07 Å². The molecule has 1 rings (SSSR count). The van der Waals surface area contributed by atoms with E-state index < -0.39 is 37.3 Å². The molecule has 1 amide bonds. The molecule has 0 atom stereocenters. The summed E-state index contributed by atoms with van der Waals surface area (Å²) in [5.41, 5.74) is 4.00. The van der Waals surface area contributed by atoms with Crippen molar-refractivity contribution in [1.29, 1.82) is 0 Å². The van der Waals surface area contributed by atoms with Gasteiger partial charge in [0.25, 0.3) is 5.69 Å². The second-order valence-corrected chi connectivity index (χ2v) is 5.63. The summed E-state index contributed by atoms with van der Waals surface area (Å²) in [6.07, 6.45) is -0.261. The number of anilines is 1. The summed E-state index contributed by atoms with van der Waals surface area (Å²) in [6, 6.07) is 1.40. The fourth-order valence-corrected chi connectivity index (χ4v) is 2.81. The van der Waals surface area contributed by atoms with Gasteiger partial charge in [0.05, 0.1) is 16.7 Å². The van der Waals surface area contributed by atoms with Crippen LogP contribution in [-0.4, -0.2) is 32.8 Å². The molecule has 0 spiro atoms. The quantitative estimate of drug-likeness (QED) is 0.473. The number of amides is 1. The molecule has 9 nitrogen and oxygen atoms in total. The zero-order chi connectivity index (χ0) is 16.2. The molecule has 0 saturated carbocycles. The third-order valence-corrected chi connectivity index (χ3v) is 3.98. The first kappa shape index (κ1) is 16.8. The molecule has 0 aliphatic rings. The fourth-order valence-electron chi connectivity index (χ4n) is 1.52. The van der Waals surface area contributed by atoms with Crippen LogP contribution < -0.4 is 15.8 Å². The molecule has 0 bridgehead atoms. The number of sulfonamides is 1. The van der Waals surface area contributed by atoms with Crippen molar-refractivity contribution in [1.82, 2.24) is 4.72 Å². The maximum absolute atomic E-state index is 13.9. The minimum Gasteiger partial charge on any atom is -0.387 e. The largest absolute Gasteiger partial charge is 0.387 e. The molecule has 21 heavy (non-hydrogen) atoms. The normalized spacial score (nSPS) is 11.1. The lowest BCUT2D eigenvalue weighted by atomic mass is 10.2. The van der Waals surface area contributed by atoms with E-state index in [9.17, 15) is 27.7 Å². The second-order valence-electron chi connectivity index (χ2n) is 3.93. The number of rotatable bonds is 7. The summed E-state index contributed by atoms with van der Waals surface area (Å²) in [5, 5.41) is 13.0. The number of nitrogens with zero attached hydrogens (tertiary/aromatic N) is 1. The number of non-ortho nitro benzene ring substituents is 1. The molecule has 0 radical (unpaired) electrons. The number of carbonyl (C=O) groups excluding carboxylic acids is 1. The van der Waals surface area contributed by atoms with Gasteiger partial charge in [-0.05, 0) is 0 Å². The van der Waals surface area contributed by atoms with E-state index in [1.807, 2.05) is 4.72 Å². The van der Waals surface area contributed by atoms with Gasteiger partial charge in [0.1, 0.15) is 4.90 Å². The highest BCUT2D eigenvalue weighted by atomic mass is 32.2. The van der Waals surface area contributed by atoms with Gasteiger partial charge >= 0.3 is 0 Å². The summed E-state index contributed by atoms with van der Waals surface area (Å²) in [7, 11) is -3.00. The predicted octanol–water partition coefficient (Wildman–Crippen LogP) is -0.0707. The Bertz CT molecular complexity index is 676. The standard InChI is InChI=1S/C10H13FN4O5S/c1-13-8-5-6(15(17)18)4-7(11)10(8)21(19,20)14-3-2-9(12)16/h4-5,13-14H,2-3H2,1H3,(H2,12,16). The second kappa shape index (κ2) is 6.45. The van der Waals surface area contributed by atoms with Crippen molar-refractivity contribution >= 4 is 27.3 Å². The Balaban J connectivity index is 3.22. The Morgan fingerprint density at radius 1 is 1.48 bits per heavy atom. The van der Waals surface area contributed by atoms with Crippen LogP contribution >= 0.6 is 0 Å². The van der Waals surface area contributed by atoms with E-state index >= 15 is 0 Å². The van der Waals surface area contributed by atoms with Crippen LogP contribution in [0.2, 0.25) is 0 Å². The highest BCUT2D eigenvalue weighted by molar-refractivity contribution is 7.89. The zero-order valence-corrected chi connectivity index (χ0v) is 11.7. The number of nitrogens with one attached hydrogen (secondary N) is 2. The predicted molar refractivity (Wildman–Crippen MR) is 71.6 cm³/mol. The van der Waals surface area contributed by atoms with E-state index in [1.165, 1.54) is 7.05 Å². The van der Waals surface area contributed by atoms with Crippen molar-refractivity contribution in [3.63, 3.8) is 0 Å². The molecule has 1 aromatic carbocycles. The van der Waals surface area contributed by atoms with Crippen molar-refractivity contribution in [2.24, 2.45) is 5.73 Å². The van der Waals surface area contributed by atoms with Crippen LogP contribution in [0.4, 0.5) is 15.8 Å². The van der Waals surface area contributed by atoms with Crippen LogP contribution in [0, 0.1) is 15.9 Å². The molecule has 0 unspecified atom stereocenters. The highest BCUT2D eigenvalue weighted by Gasteiger charge is 2.26. The van der Waals surface area contributed by atoms with Crippen LogP contribution in [0.25, 0.3) is 0 Å². The van der Waals surface area contributed by atoms with Crippen LogP contribution in [0.5, 0.6) is 0 Å². The first-order chi connectivity index (χ1) is 9.69. The average molecular weight is 320 g/mol. The fraction of sp³-hybridized carbons (Fsp3) is 0.300. The monoisotopic (exact) mass is 320 g/mol. The molecule has 0 heterocycles. The number of carbonyl (C=O) groups is 1. The highest BCUT2D eigenvalue weighted by Crippen LogP contribution is 2.29. The molecular weight excluding hydrogens is 307 g/mol. The Labute approximate surface area is 119 Å². The molecule has 0 fully saturated rings. The summed E-state index contributed by atoms with van der Waals surface area (Å²) < 4.78 is 39.8. The van der Waals surface area contributed by atoms with Gasteiger partial charge in [0.2, 0.25) is 15.9 Å². The number of hydrogen-bond donors (Lipinski definition) is 3. The number of primary amides is 1. The average Bonchev–Trinajstić information content (AvgIpc) is 2.36. The van der Waals surface area contributed by atoms with Gasteiger partial charge in [-0.15, -0.1) is 0 Å². The third-order valence-electron chi connectivity index (χ3n) is 2.44. The molecule has 11 heteroatoms. The molecule has 0 aliphatic heterocycles. The number of hydrogen-bond acceptors (Lipinski definition) is 6. The number of nitro benzene ring substituents is 1. The van der Waals surface area contributed by atoms with Gasteiger partial charge in [0.15, 0.2) is 5.82 Å². The van der Waals surface area contributed by atoms with Crippen LogP contribution in [0.15, 0.2) is 17.0 Å². The molecule has 0 saturated heterocycles. The first-order valence-electron chi connectivity index (χ1n) is 5.62. The Hall–Kier alpha value is -2.27. The van der Waals surface area contributed by atoms with E-state index in [-0.39, 0.29) is 18.7 Å². The number of nitro groups is 1. The van der Waals surface area contributed by atoms with Crippen molar-refractivity contribution in [2.45, 2.75) is 11.3 Å². The molecule has 1 aromatic rings. The lowest BCUT2D eigenvalue weighted by Gasteiger charge is -2.11. The zero-order valence-electron chi connectivity index (χ0n) is 10.9. The van der Waals surface area contributed by atoms with Gasteiger partial charge in [0, 0.05) is 26.1 Å². The van der Waals surface area contributed by atoms with Gasteiger partial charge < -0.3 is 11.1 Å². The van der Waals surface area contributed by atoms with Crippen LogP contribution in [-0.2, 0) is 14.8 Å². The van der Waals surface area contributed by atoms with Crippen LogP contribution in [0.1, 0.15) is 6.42 Å². The summed E-state index contributed by atoms with van der Waals surface area (Å²) in [4.78, 5) is 19.6. The van der Waals surface area contributed by atoms with E-state index in [4.69, 9.17) is 5.73 Å². The number of halogens is 1. The molecule has 0 aromatic heterocycles. The third kappa shape index (κ3) is 4.10. The SMILES string of the molecule is CNc1cc([N+](=O)[O-])cc(F)c1S(=O)(=O)NCCC(N)=O. The first-order valence-corrected chi connectivity index (χ1v) is 7.11. The van der Waals surface area contributed by atoms with Crippen molar-refractivity contribution in [2.75, 3.05) is 18.9 Å². The molecule has 0 aliphatic carbocycles. The summed E-state index contributed by atoms with van der Waals surface area (Å²) in [6.45, 7) is -0.308. The molecule has 116 valence electrons. The van der Waals surface area contributed by atoms with Crippen LogP contribution in [0.3, 0.4) is 0 Å². The topological polar surface area (TPSA) is 144 Å². The molecule has 4 N–H and O–H groups in total. The molecular formula is C10H13FN4O5S. The van der Waals surface area contributed by atoms with Gasteiger partial charge in [-0.25, -0.2) is 17.5 Å². The van der Waals surface area contributed by atoms with E-state index in [2.05, 4.69) is 5.32 Å². The minimum atomic E-state index is -4.29. The van der Waals surface area contributed by atoms with Gasteiger partial charge in [-0.1, -0.05) is 0 Å². The Kier molecular flexibility index (Phi) is 5.16. The number of nitrogens with two attached hydrogens (primary N) is 1. The summed E-state index contributed by atoms with van der Waals surface area (Å²) >= 11 is 0. The van der Waals surface area contributed by atoms with E-state index in [0.717, 1.165) is 6.07 Å². The summed E-state index contributed by atoms with van der Waals surface area (Å²) in [5.74, 6) is -2.00.